The van der Waals surface area contributed by atoms with Crippen molar-refractivity contribution in [2.75, 3.05) is 6.61 Å². The Morgan fingerprint density at radius 2 is 1.12 bits per heavy atom. The molecule has 0 aromatic rings. The van der Waals surface area contributed by atoms with Crippen LogP contribution in [-0.2, 0) is 9.53 Å². The number of ether oxygens (including phenoxy) is 1. The van der Waals surface area contributed by atoms with Gasteiger partial charge in [0.1, 0.15) is 0 Å². The second-order valence-corrected chi connectivity index (χ2v) is 7.92. The fourth-order valence-electron chi connectivity index (χ4n) is 3.23. The minimum absolute atomic E-state index is 0.00595. The fraction of sp³-hybridized carbons (Fsp3) is 0.957. The highest BCUT2D eigenvalue weighted by Crippen LogP contribution is 2.13. The smallest absolute Gasteiger partial charge is 0.305 e. The van der Waals surface area contributed by atoms with Gasteiger partial charge in [0.25, 0.3) is 0 Å². The van der Waals surface area contributed by atoms with Crippen molar-refractivity contribution in [3.63, 3.8) is 0 Å². The van der Waals surface area contributed by atoms with Crippen LogP contribution in [0, 0.1) is 5.92 Å². The van der Waals surface area contributed by atoms with Gasteiger partial charge in [-0.15, -0.1) is 0 Å². The fourth-order valence-corrected chi connectivity index (χ4v) is 3.23. The van der Waals surface area contributed by atoms with E-state index in [1.165, 1.54) is 96.3 Å². The molecule has 1 atom stereocenters. The largest absolute Gasteiger partial charge is 0.465 e. The summed E-state index contributed by atoms with van der Waals surface area (Å²) in [7, 11) is 0. The van der Waals surface area contributed by atoms with Crippen molar-refractivity contribution >= 4 is 5.97 Å². The van der Waals surface area contributed by atoms with Crippen molar-refractivity contribution in [3.05, 3.63) is 0 Å². The monoisotopic (exact) mass is 354 g/mol. The second kappa shape index (κ2) is 19.8. The van der Waals surface area contributed by atoms with Crippen molar-refractivity contribution in [2.24, 2.45) is 5.92 Å². The first-order valence-electron chi connectivity index (χ1n) is 11.4. The van der Waals surface area contributed by atoms with Gasteiger partial charge in [0, 0.05) is 6.42 Å². The van der Waals surface area contributed by atoms with E-state index in [4.69, 9.17) is 4.74 Å². The molecule has 1 unspecified atom stereocenters. The third-order valence-corrected chi connectivity index (χ3v) is 5.06. The summed E-state index contributed by atoms with van der Waals surface area (Å²) in [6.07, 6.45) is 21.7. The molecule has 0 aliphatic carbocycles. The molecule has 0 amide bonds. The van der Waals surface area contributed by atoms with Crippen molar-refractivity contribution in [3.8, 4) is 0 Å². The van der Waals surface area contributed by atoms with Crippen LogP contribution in [0.15, 0.2) is 0 Å². The van der Waals surface area contributed by atoms with E-state index in [0.717, 1.165) is 6.42 Å². The van der Waals surface area contributed by atoms with Crippen LogP contribution in [-0.4, -0.2) is 12.6 Å². The molecule has 0 spiro atoms. The Balaban J connectivity index is 3.21. The molecule has 0 aromatic carbocycles. The zero-order valence-corrected chi connectivity index (χ0v) is 17.6. The summed E-state index contributed by atoms with van der Waals surface area (Å²) in [6, 6.07) is 0. The Kier molecular flexibility index (Phi) is 19.4. The highest BCUT2D eigenvalue weighted by molar-refractivity contribution is 5.69. The number of hydrogen-bond donors (Lipinski definition) is 0. The maximum absolute atomic E-state index is 11.7. The predicted octanol–water partition coefficient (Wildman–Crippen LogP) is 7.84. The number of rotatable bonds is 19. The van der Waals surface area contributed by atoms with Crippen LogP contribution in [0.1, 0.15) is 130 Å². The average molecular weight is 355 g/mol. The lowest BCUT2D eigenvalue weighted by molar-refractivity contribution is -0.145. The number of carbonyl (C=O) groups excluding carboxylic acids is 1. The summed E-state index contributed by atoms with van der Waals surface area (Å²) in [4.78, 5) is 11.7. The van der Waals surface area contributed by atoms with Gasteiger partial charge in [-0.2, -0.15) is 0 Å². The Bertz CT molecular complexity index is 275. The lowest BCUT2D eigenvalue weighted by Crippen LogP contribution is -2.11. The lowest BCUT2D eigenvalue weighted by atomic mass is 10.0. The third kappa shape index (κ3) is 19.6. The highest BCUT2D eigenvalue weighted by atomic mass is 16.5. The van der Waals surface area contributed by atoms with Crippen molar-refractivity contribution in [1.82, 2.24) is 0 Å². The van der Waals surface area contributed by atoms with Gasteiger partial charge in [0.2, 0.25) is 0 Å². The maximum Gasteiger partial charge on any atom is 0.305 e. The summed E-state index contributed by atoms with van der Waals surface area (Å²) in [5.74, 6) is 0.516. The Morgan fingerprint density at radius 3 is 1.60 bits per heavy atom. The lowest BCUT2D eigenvalue weighted by Gasteiger charge is -2.11. The standard InChI is InChI=1S/C23H46O2/c1-4-6-8-9-10-11-12-13-14-15-16-17-18-20-23(24)25-21-22(3)19-7-5-2/h22H,4-21H2,1-3H3. The first-order chi connectivity index (χ1) is 12.2. The van der Waals surface area contributed by atoms with Crippen LogP contribution in [0.2, 0.25) is 0 Å². The van der Waals surface area contributed by atoms with Crippen LogP contribution in [0.4, 0.5) is 0 Å². The van der Waals surface area contributed by atoms with Gasteiger partial charge in [0.15, 0.2) is 0 Å². The van der Waals surface area contributed by atoms with Gasteiger partial charge in [-0.25, -0.2) is 0 Å². The average Bonchev–Trinajstić information content (AvgIpc) is 2.62. The molecule has 0 saturated carbocycles. The quantitative estimate of drug-likeness (QED) is 0.174. The molecule has 0 radical (unpaired) electrons. The zero-order chi connectivity index (χ0) is 18.6. The molecule has 2 nitrogen and oxygen atoms in total. The predicted molar refractivity (Wildman–Crippen MR) is 110 cm³/mol. The normalized spacial score (nSPS) is 12.3. The molecule has 0 bridgehead atoms. The number of unbranched alkanes of at least 4 members (excludes halogenated alkanes) is 13. The summed E-state index contributed by atoms with van der Waals surface area (Å²) in [5, 5.41) is 0. The second-order valence-electron chi connectivity index (χ2n) is 7.92. The molecule has 2 heteroatoms. The summed E-state index contributed by atoms with van der Waals surface area (Å²) < 4.78 is 5.37. The van der Waals surface area contributed by atoms with Crippen LogP contribution >= 0.6 is 0 Å². The molecule has 0 saturated heterocycles. The molecular weight excluding hydrogens is 308 g/mol. The third-order valence-electron chi connectivity index (χ3n) is 5.06. The van der Waals surface area contributed by atoms with E-state index in [-0.39, 0.29) is 5.97 Å². The van der Waals surface area contributed by atoms with Crippen molar-refractivity contribution in [2.45, 2.75) is 130 Å². The zero-order valence-electron chi connectivity index (χ0n) is 17.6. The molecule has 25 heavy (non-hydrogen) atoms. The Labute approximate surface area is 158 Å². The van der Waals surface area contributed by atoms with Gasteiger partial charge in [0.05, 0.1) is 6.61 Å². The summed E-state index contributed by atoms with van der Waals surface area (Å²) in [6.45, 7) is 7.26. The topological polar surface area (TPSA) is 26.3 Å². The van der Waals surface area contributed by atoms with E-state index in [1.807, 2.05) is 0 Å². The maximum atomic E-state index is 11.7. The Morgan fingerprint density at radius 1 is 0.680 bits per heavy atom. The molecule has 0 rings (SSSR count). The van der Waals surface area contributed by atoms with Crippen LogP contribution in [0.3, 0.4) is 0 Å². The van der Waals surface area contributed by atoms with Gasteiger partial charge in [-0.3, -0.25) is 4.79 Å². The number of carbonyl (C=O) groups is 1. The van der Waals surface area contributed by atoms with Crippen molar-refractivity contribution < 1.29 is 9.53 Å². The van der Waals surface area contributed by atoms with E-state index in [2.05, 4.69) is 20.8 Å². The first kappa shape index (κ1) is 24.5. The van der Waals surface area contributed by atoms with Crippen LogP contribution < -0.4 is 0 Å². The molecule has 0 aliphatic heterocycles. The Hall–Kier alpha value is -0.530. The van der Waals surface area contributed by atoms with Crippen LogP contribution in [0.5, 0.6) is 0 Å². The van der Waals surface area contributed by atoms with E-state index >= 15 is 0 Å². The van der Waals surface area contributed by atoms with Gasteiger partial charge in [-0.1, -0.05) is 111 Å². The van der Waals surface area contributed by atoms with E-state index in [1.54, 1.807) is 0 Å². The number of hydrogen-bond acceptors (Lipinski definition) is 2. The molecule has 0 N–H and O–H groups in total. The molecular formula is C23H46O2. The van der Waals surface area contributed by atoms with E-state index in [0.29, 0.717) is 18.9 Å². The summed E-state index contributed by atoms with van der Waals surface area (Å²) in [5.41, 5.74) is 0. The van der Waals surface area contributed by atoms with Gasteiger partial charge < -0.3 is 4.74 Å². The molecule has 0 aromatic heterocycles. The van der Waals surface area contributed by atoms with Crippen molar-refractivity contribution in [1.29, 1.82) is 0 Å². The molecule has 0 heterocycles. The minimum Gasteiger partial charge on any atom is -0.465 e. The number of esters is 1. The van der Waals surface area contributed by atoms with E-state index < -0.39 is 0 Å². The van der Waals surface area contributed by atoms with E-state index in [9.17, 15) is 4.79 Å². The first-order valence-corrected chi connectivity index (χ1v) is 11.4. The van der Waals surface area contributed by atoms with Gasteiger partial charge >= 0.3 is 5.97 Å². The van der Waals surface area contributed by atoms with Crippen LogP contribution in [0.25, 0.3) is 0 Å². The van der Waals surface area contributed by atoms with Gasteiger partial charge in [-0.05, 0) is 18.8 Å². The molecule has 0 fully saturated rings. The molecule has 150 valence electrons. The highest BCUT2D eigenvalue weighted by Gasteiger charge is 2.07. The minimum atomic E-state index is 0.00595. The SMILES string of the molecule is CCCCCCCCCCCCCCCC(=O)OCC(C)CCCC. The summed E-state index contributed by atoms with van der Waals surface area (Å²) >= 11 is 0. The molecule has 0 aliphatic rings.